The van der Waals surface area contributed by atoms with Gasteiger partial charge in [-0.3, -0.25) is 4.79 Å². The van der Waals surface area contributed by atoms with Crippen LogP contribution in [0.5, 0.6) is 0 Å². The summed E-state index contributed by atoms with van der Waals surface area (Å²) in [7, 11) is -0.852. The van der Waals surface area contributed by atoms with Gasteiger partial charge in [0.05, 0.1) is 5.56 Å². The first kappa shape index (κ1) is 25.5. The lowest BCUT2D eigenvalue weighted by molar-refractivity contribution is -2.00. The minimum Gasteiger partial charge on any atom is -0.378 e. The van der Waals surface area contributed by atoms with Gasteiger partial charge in [-0.25, -0.2) is 18.6 Å². The molecule has 0 unspecified atom stereocenters. The van der Waals surface area contributed by atoms with Crippen molar-refractivity contribution in [1.29, 1.82) is 0 Å². The standard InChI is InChI=1S/C28H25N2O.ClHO4/c1-29(2)23-15-12-20(13-16-23)18-22-14-17-27(31)25-19-21-8-6-7-11-26(21)30(28(22)25)24-9-4-3-5-10-24;2-1(3,4)5/h3-13,15-16,18-19H,14,17H2,1-2H3;(H,2,3,4,5)/q+1;/p-1. The van der Waals surface area contributed by atoms with Crippen molar-refractivity contribution in [3.8, 4) is 5.69 Å². The maximum absolute atomic E-state index is 13.0. The van der Waals surface area contributed by atoms with Crippen LogP contribution in [0.15, 0.2) is 84.9 Å². The molecule has 0 saturated carbocycles. The number of hydrogen-bond acceptors (Lipinski definition) is 6. The second kappa shape index (κ2) is 10.6. The smallest absolute Gasteiger partial charge is 0.225 e. The summed E-state index contributed by atoms with van der Waals surface area (Å²) >= 11 is 0. The Morgan fingerprint density at radius 2 is 1.44 bits per heavy atom. The quantitative estimate of drug-likeness (QED) is 0.383. The van der Waals surface area contributed by atoms with E-state index in [0.29, 0.717) is 6.42 Å². The number of para-hydroxylation sites is 2. The first-order valence-electron chi connectivity index (χ1n) is 11.3. The molecular weight excluding hydrogens is 480 g/mol. The fraction of sp³-hybridized carbons (Fsp3) is 0.143. The normalized spacial score (nSPS) is 14.3. The third kappa shape index (κ3) is 5.96. The molecule has 1 aromatic heterocycles. The predicted octanol–water partition coefficient (Wildman–Crippen LogP) is 0.944. The summed E-state index contributed by atoms with van der Waals surface area (Å²) < 4.78 is 36.2. The highest BCUT2D eigenvalue weighted by Gasteiger charge is 2.32. The van der Waals surface area contributed by atoms with Gasteiger partial charge in [0, 0.05) is 55.4 Å². The molecule has 36 heavy (non-hydrogen) atoms. The minimum atomic E-state index is -4.94. The largest absolute Gasteiger partial charge is 0.378 e. The van der Waals surface area contributed by atoms with Crippen molar-refractivity contribution in [2.45, 2.75) is 12.8 Å². The molecule has 0 fully saturated rings. The van der Waals surface area contributed by atoms with Crippen LogP contribution in [-0.4, -0.2) is 19.9 Å². The lowest BCUT2D eigenvalue weighted by atomic mass is 9.87. The number of fused-ring (bicyclic) bond motifs is 2. The van der Waals surface area contributed by atoms with Crippen LogP contribution in [0, 0.1) is 10.2 Å². The number of hydrogen-bond donors (Lipinski definition) is 0. The van der Waals surface area contributed by atoms with Gasteiger partial charge in [-0.05, 0) is 42.3 Å². The summed E-state index contributed by atoms with van der Waals surface area (Å²) in [6.45, 7) is 0. The van der Waals surface area contributed by atoms with Gasteiger partial charge in [0.15, 0.2) is 5.78 Å². The van der Waals surface area contributed by atoms with E-state index < -0.39 is 10.2 Å². The van der Waals surface area contributed by atoms with Crippen molar-refractivity contribution in [3.63, 3.8) is 0 Å². The number of Topliss-reactive ketones (excluding diaryl/α,β-unsaturated/α-hetero) is 1. The zero-order chi connectivity index (χ0) is 25.9. The molecule has 0 bridgehead atoms. The lowest BCUT2D eigenvalue weighted by Crippen LogP contribution is -2.68. The molecule has 184 valence electrons. The van der Waals surface area contributed by atoms with Gasteiger partial charge in [-0.15, -0.1) is 10.2 Å². The molecule has 0 spiro atoms. The number of ketones is 1. The third-order valence-corrected chi connectivity index (χ3v) is 5.95. The number of pyridine rings is 1. The summed E-state index contributed by atoms with van der Waals surface area (Å²) in [4.78, 5) is 15.1. The van der Waals surface area contributed by atoms with E-state index in [0.717, 1.165) is 39.8 Å². The molecule has 0 amide bonds. The van der Waals surface area contributed by atoms with Crippen LogP contribution in [0.3, 0.4) is 0 Å². The van der Waals surface area contributed by atoms with Crippen molar-refractivity contribution in [3.05, 3.63) is 102 Å². The summed E-state index contributed by atoms with van der Waals surface area (Å²) in [6.07, 6.45) is 3.52. The lowest BCUT2D eigenvalue weighted by Gasteiger charge is -2.18. The predicted molar refractivity (Wildman–Crippen MR) is 128 cm³/mol. The van der Waals surface area contributed by atoms with E-state index in [2.05, 4.69) is 76.2 Å². The summed E-state index contributed by atoms with van der Waals surface area (Å²) in [6, 6.07) is 29.2. The SMILES string of the molecule is CN(C)c1ccc(/C=C2\CCC(=O)c3cc4ccccc4[n+](-c4ccccc4)c32)cc1.[O-][Cl+3]([O-])([O-])[O-]. The Balaban J connectivity index is 0.000000556. The molecule has 0 saturated heterocycles. The molecule has 1 aliphatic carbocycles. The Bertz CT molecular complexity index is 1410. The fourth-order valence-corrected chi connectivity index (χ4v) is 4.36. The highest BCUT2D eigenvalue weighted by Crippen LogP contribution is 2.33. The summed E-state index contributed by atoms with van der Waals surface area (Å²) in [5.41, 5.74) is 7.51. The van der Waals surface area contributed by atoms with Crippen LogP contribution in [0.1, 0.15) is 34.5 Å². The molecule has 4 aromatic rings. The number of carbonyl (C=O) groups excluding carboxylic acids is 1. The van der Waals surface area contributed by atoms with Crippen molar-refractivity contribution in [2.75, 3.05) is 19.0 Å². The van der Waals surface area contributed by atoms with Crippen molar-refractivity contribution < 1.29 is 38.2 Å². The number of aromatic nitrogens is 1. The molecule has 3 aromatic carbocycles. The molecule has 0 radical (unpaired) electrons. The van der Waals surface area contributed by atoms with Crippen LogP contribution in [0.4, 0.5) is 5.69 Å². The van der Waals surface area contributed by atoms with Gasteiger partial charge in [0.25, 0.3) is 0 Å². The van der Waals surface area contributed by atoms with E-state index in [1.54, 1.807) is 0 Å². The zero-order valence-corrected chi connectivity index (χ0v) is 20.6. The molecule has 0 atom stereocenters. The van der Waals surface area contributed by atoms with Crippen LogP contribution >= 0.6 is 0 Å². The number of halogens is 1. The Labute approximate surface area is 211 Å². The molecule has 7 nitrogen and oxygen atoms in total. The Morgan fingerprint density at radius 1 is 0.833 bits per heavy atom. The van der Waals surface area contributed by atoms with Crippen LogP contribution in [0.25, 0.3) is 28.2 Å². The van der Waals surface area contributed by atoms with E-state index in [9.17, 15) is 4.79 Å². The van der Waals surface area contributed by atoms with Crippen molar-refractivity contribution in [1.82, 2.24) is 0 Å². The van der Waals surface area contributed by atoms with Crippen molar-refractivity contribution in [2.24, 2.45) is 0 Å². The average molecular weight is 505 g/mol. The van der Waals surface area contributed by atoms with E-state index >= 15 is 0 Å². The zero-order valence-electron chi connectivity index (χ0n) is 19.9. The first-order valence-corrected chi connectivity index (χ1v) is 12.5. The number of anilines is 1. The molecular formula is C28H25ClN2O5. The van der Waals surface area contributed by atoms with Crippen LogP contribution in [0.2, 0.25) is 0 Å². The van der Waals surface area contributed by atoms with Gasteiger partial charge >= 0.3 is 0 Å². The second-order valence-corrected chi connectivity index (χ2v) is 9.35. The van der Waals surface area contributed by atoms with Gasteiger partial charge in [0.2, 0.25) is 16.9 Å². The highest BCUT2D eigenvalue weighted by molar-refractivity contribution is 6.06. The van der Waals surface area contributed by atoms with E-state index in [1.807, 2.05) is 38.4 Å². The average Bonchev–Trinajstić information content (AvgIpc) is 2.84. The van der Waals surface area contributed by atoms with Crippen LogP contribution in [-0.2, 0) is 0 Å². The van der Waals surface area contributed by atoms with Gasteiger partial charge < -0.3 is 4.90 Å². The molecule has 0 aliphatic heterocycles. The number of nitrogens with zero attached hydrogens (tertiary/aromatic N) is 2. The van der Waals surface area contributed by atoms with Crippen molar-refractivity contribution >= 4 is 34.0 Å². The minimum absolute atomic E-state index is 0.213. The third-order valence-electron chi connectivity index (χ3n) is 5.95. The van der Waals surface area contributed by atoms with Gasteiger partial charge in [-0.2, -0.15) is 4.57 Å². The molecule has 8 heteroatoms. The molecule has 1 aliphatic rings. The first-order chi connectivity index (χ1) is 17.1. The number of carbonyl (C=O) groups is 1. The maximum Gasteiger partial charge on any atom is 0.225 e. The highest BCUT2D eigenvalue weighted by atomic mass is 35.7. The summed E-state index contributed by atoms with van der Waals surface area (Å²) in [5.74, 6) is 0.213. The van der Waals surface area contributed by atoms with Gasteiger partial charge in [0.1, 0.15) is 0 Å². The van der Waals surface area contributed by atoms with E-state index in [4.69, 9.17) is 18.6 Å². The Kier molecular flexibility index (Phi) is 7.49. The number of allylic oxidation sites excluding steroid dienone is 1. The summed E-state index contributed by atoms with van der Waals surface area (Å²) in [5, 5.41) is 1.08. The van der Waals surface area contributed by atoms with Gasteiger partial charge in [-0.1, -0.05) is 42.5 Å². The molecule has 5 rings (SSSR count). The molecule has 1 heterocycles. The maximum atomic E-state index is 13.0. The molecule has 0 N–H and O–H groups in total. The number of rotatable bonds is 3. The fourth-order valence-electron chi connectivity index (χ4n) is 4.36. The topological polar surface area (TPSA) is 116 Å². The van der Waals surface area contributed by atoms with Crippen LogP contribution < -0.4 is 28.1 Å². The van der Waals surface area contributed by atoms with E-state index in [1.165, 1.54) is 11.3 Å². The Hall–Kier alpha value is -3.59. The van der Waals surface area contributed by atoms with E-state index in [-0.39, 0.29) is 5.78 Å². The monoisotopic (exact) mass is 504 g/mol. The number of benzene rings is 3. The second-order valence-electron chi connectivity index (χ2n) is 8.59. The Morgan fingerprint density at radius 3 is 2.08 bits per heavy atom.